The van der Waals surface area contributed by atoms with E-state index in [4.69, 9.17) is 10.5 Å². The average Bonchev–Trinajstić information content (AvgIpc) is 2.23. The van der Waals surface area contributed by atoms with Crippen LogP contribution in [0.25, 0.3) is 10.8 Å². The summed E-state index contributed by atoms with van der Waals surface area (Å²) in [5.74, 6) is 0.895. The maximum atomic E-state index is 9.66. The van der Waals surface area contributed by atoms with Crippen LogP contribution in [0, 0.1) is 0 Å². The molecular formula is C11H11NO2. The van der Waals surface area contributed by atoms with Gasteiger partial charge in [0.2, 0.25) is 0 Å². The number of hydrogen-bond donors (Lipinski definition) is 2. The fourth-order valence-corrected chi connectivity index (χ4v) is 1.44. The van der Waals surface area contributed by atoms with Gasteiger partial charge in [-0.1, -0.05) is 6.07 Å². The number of phenolic OH excluding ortho intramolecular Hbond substituents is 1. The lowest BCUT2D eigenvalue weighted by Gasteiger charge is -2.05. The molecule has 0 radical (unpaired) electrons. The SMILES string of the molecule is COc1ccc2c(O)c(N)ccc2c1. The molecule has 2 aromatic rings. The number of rotatable bonds is 1. The molecule has 0 saturated heterocycles. The summed E-state index contributed by atoms with van der Waals surface area (Å²) in [5.41, 5.74) is 5.97. The van der Waals surface area contributed by atoms with E-state index in [1.807, 2.05) is 12.1 Å². The smallest absolute Gasteiger partial charge is 0.146 e. The Hall–Kier alpha value is -1.90. The molecule has 2 aromatic carbocycles. The van der Waals surface area contributed by atoms with Crippen LogP contribution in [-0.2, 0) is 0 Å². The molecule has 2 rings (SSSR count). The van der Waals surface area contributed by atoms with Crippen LogP contribution in [-0.4, -0.2) is 12.2 Å². The number of anilines is 1. The largest absolute Gasteiger partial charge is 0.505 e. The van der Waals surface area contributed by atoms with Crippen molar-refractivity contribution in [3.63, 3.8) is 0 Å². The summed E-state index contributed by atoms with van der Waals surface area (Å²) in [6, 6.07) is 8.97. The highest BCUT2D eigenvalue weighted by Crippen LogP contribution is 2.32. The van der Waals surface area contributed by atoms with E-state index in [1.165, 1.54) is 0 Å². The second-order valence-corrected chi connectivity index (χ2v) is 3.09. The van der Waals surface area contributed by atoms with Crippen molar-refractivity contribution in [1.29, 1.82) is 0 Å². The highest BCUT2D eigenvalue weighted by Gasteiger charge is 2.03. The summed E-state index contributed by atoms with van der Waals surface area (Å²) in [7, 11) is 1.61. The number of nitrogens with two attached hydrogens (primary N) is 1. The Morgan fingerprint density at radius 3 is 2.71 bits per heavy atom. The number of aromatic hydroxyl groups is 1. The molecule has 0 saturated carbocycles. The van der Waals surface area contributed by atoms with Gasteiger partial charge in [0.15, 0.2) is 0 Å². The molecule has 0 amide bonds. The van der Waals surface area contributed by atoms with Crippen LogP contribution in [0.15, 0.2) is 30.3 Å². The third kappa shape index (κ3) is 1.23. The zero-order valence-electron chi connectivity index (χ0n) is 7.82. The van der Waals surface area contributed by atoms with E-state index in [0.29, 0.717) is 5.69 Å². The predicted octanol–water partition coefficient (Wildman–Crippen LogP) is 2.14. The van der Waals surface area contributed by atoms with E-state index in [-0.39, 0.29) is 5.75 Å². The van der Waals surface area contributed by atoms with Gasteiger partial charge in [-0.25, -0.2) is 0 Å². The zero-order chi connectivity index (χ0) is 10.1. The molecule has 0 bridgehead atoms. The molecule has 3 nitrogen and oxygen atoms in total. The monoisotopic (exact) mass is 189 g/mol. The normalized spacial score (nSPS) is 10.4. The minimum atomic E-state index is 0.130. The van der Waals surface area contributed by atoms with E-state index < -0.39 is 0 Å². The lowest BCUT2D eigenvalue weighted by molar-refractivity contribution is 0.415. The number of ether oxygens (including phenoxy) is 1. The number of hydrogen-bond acceptors (Lipinski definition) is 3. The van der Waals surface area contributed by atoms with Crippen LogP contribution in [0.2, 0.25) is 0 Å². The van der Waals surface area contributed by atoms with Crippen molar-refractivity contribution >= 4 is 16.5 Å². The van der Waals surface area contributed by atoms with Crippen LogP contribution in [0.3, 0.4) is 0 Å². The molecule has 0 fully saturated rings. The van der Waals surface area contributed by atoms with Crippen LogP contribution in [0.1, 0.15) is 0 Å². The first-order valence-corrected chi connectivity index (χ1v) is 4.27. The lowest BCUT2D eigenvalue weighted by atomic mass is 10.1. The molecule has 72 valence electrons. The van der Waals surface area contributed by atoms with Gasteiger partial charge in [-0.05, 0) is 29.7 Å². The van der Waals surface area contributed by atoms with E-state index in [2.05, 4.69) is 0 Å². The predicted molar refractivity (Wildman–Crippen MR) is 56.6 cm³/mol. The van der Waals surface area contributed by atoms with Crippen LogP contribution >= 0.6 is 0 Å². The third-order valence-electron chi connectivity index (χ3n) is 2.23. The summed E-state index contributed by atoms with van der Waals surface area (Å²) >= 11 is 0. The van der Waals surface area contributed by atoms with Gasteiger partial charge in [0.25, 0.3) is 0 Å². The highest BCUT2D eigenvalue weighted by atomic mass is 16.5. The fourth-order valence-electron chi connectivity index (χ4n) is 1.44. The first-order valence-electron chi connectivity index (χ1n) is 4.27. The third-order valence-corrected chi connectivity index (χ3v) is 2.23. The van der Waals surface area contributed by atoms with E-state index in [9.17, 15) is 5.11 Å². The molecule has 0 atom stereocenters. The lowest BCUT2D eigenvalue weighted by Crippen LogP contribution is -1.87. The molecule has 0 heterocycles. The molecule has 14 heavy (non-hydrogen) atoms. The quantitative estimate of drug-likeness (QED) is 0.533. The van der Waals surface area contributed by atoms with Gasteiger partial charge in [0, 0.05) is 5.39 Å². The van der Waals surface area contributed by atoms with E-state index in [0.717, 1.165) is 16.5 Å². The Kier molecular flexibility index (Phi) is 1.93. The standard InChI is InChI=1S/C11H11NO2/c1-14-8-3-4-9-7(6-8)2-5-10(12)11(9)13/h2-6,13H,12H2,1H3. The first-order chi connectivity index (χ1) is 6.72. The molecule has 0 aliphatic heterocycles. The Morgan fingerprint density at radius 2 is 2.00 bits per heavy atom. The molecule has 0 aromatic heterocycles. The van der Waals surface area contributed by atoms with Crippen molar-refractivity contribution in [3.8, 4) is 11.5 Å². The second-order valence-electron chi connectivity index (χ2n) is 3.09. The summed E-state index contributed by atoms with van der Waals surface area (Å²) in [5, 5.41) is 11.3. The number of fused-ring (bicyclic) bond motifs is 1. The minimum absolute atomic E-state index is 0.130. The fraction of sp³-hybridized carbons (Fsp3) is 0.0909. The Balaban J connectivity index is 2.74. The Bertz CT molecular complexity index is 480. The number of nitrogen functional groups attached to an aromatic ring is 1. The minimum Gasteiger partial charge on any atom is -0.505 e. The van der Waals surface area contributed by atoms with Crippen LogP contribution < -0.4 is 10.5 Å². The summed E-state index contributed by atoms with van der Waals surface area (Å²) < 4.78 is 5.08. The number of benzene rings is 2. The van der Waals surface area contributed by atoms with Crippen molar-refractivity contribution in [1.82, 2.24) is 0 Å². The summed E-state index contributed by atoms with van der Waals surface area (Å²) in [6.07, 6.45) is 0. The van der Waals surface area contributed by atoms with Crippen LogP contribution in [0.4, 0.5) is 5.69 Å². The van der Waals surface area contributed by atoms with Crippen molar-refractivity contribution in [2.24, 2.45) is 0 Å². The van der Waals surface area contributed by atoms with Crippen molar-refractivity contribution in [2.45, 2.75) is 0 Å². The maximum absolute atomic E-state index is 9.66. The molecule has 0 aliphatic carbocycles. The summed E-state index contributed by atoms with van der Waals surface area (Å²) in [6.45, 7) is 0. The Morgan fingerprint density at radius 1 is 1.21 bits per heavy atom. The first kappa shape index (κ1) is 8.69. The van der Waals surface area contributed by atoms with Crippen molar-refractivity contribution in [3.05, 3.63) is 30.3 Å². The van der Waals surface area contributed by atoms with Crippen LogP contribution in [0.5, 0.6) is 11.5 Å². The molecule has 0 aliphatic rings. The zero-order valence-corrected chi connectivity index (χ0v) is 7.82. The maximum Gasteiger partial charge on any atom is 0.146 e. The van der Waals surface area contributed by atoms with Gasteiger partial charge in [0.05, 0.1) is 12.8 Å². The summed E-state index contributed by atoms with van der Waals surface area (Å²) in [4.78, 5) is 0. The molecule has 3 N–H and O–H groups in total. The molecule has 3 heteroatoms. The van der Waals surface area contributed by atoms with E-state index in [1.54, 1.807) is 25.3 Å². The van der Waals surface area contributed by atoms with Gasteiger partial charge in [-0.15, -0.1) is 0 Å². The van der Waals surface area contributed by atoms with Gasteiger partial charge in [-0.2, -0.15) is 0 Å². The second kappa shape index (κ2) is 3.10. The van der Waals surface area contributed by atoms with Gasteiger partial charge in [0.1, 0.15) is 11.5 Å². The van der Waals surface area contributed by atoms with Gasteiger partial charge >= 0.3 is 0 Å². The number of phenols is 1. The van der Waals surface area contributed by atoms with E-state index >= 15 is 0 Å². The molecule has 0 spiro atoms. The molecule has 0 unspecified atom stereocenters. The van der Waals surface area contributed by atoms with Gasteiger partial charge in [-0.3, -0.25) is 0 Å². The topological polar surface area (TPSA) is 55.5 Å². The van der Waals surface area contributed by atoms with Gasteiger partial charge < -0.3 is 15.6 Å². The van der Waals surface area contributed by atoms with Crippen molar-refractivity contribution < 1.29 is 9.84 Å². The molecular weight excluding hydrogens is 178 g/mol. The Labute approximate surface area is 81.7 Å². The highest BCUT2D eigenvalue weighted by molar-refractivity contribution is 5.93. The van der Waals surface area contributed by atoms with Crippen molar-refractivity contribution in [2.75, 3.05) is 12.8 Å². The average molecular weight is 189 g/mol. The number of methoxy groups -OCH3 is 1.